The molecule has 0 saturated heterocycles. The van der Waals surface area contributed by atoms with Gasteiger partial charge in [0.25, 0.3) is 0 Å². The third kappa shape index (κ3) is 13.3. The SMILES string of the molecule is CCCCCCCCc1c[se]c(-c2cc3c(OCC(CC)CCCC)c4sc(-c5nc(CCCCCCCC)c[se]5)cc4c(OCC(CC)CCCC)c3s2)n1. The fraction of sp³-hybridized carbons (Fsp3) is 0.667. The van der Waals surface area contributed by atoms with Gasteiger partial charge in [0.1, 0.15) is 0 Å². The second-order valence-electron chi connectivity index (χ2n) is 16.1. The minimum absolute atomic E-state index is 0.259. The van der Waals surface area contributed by atoms with E-state index in [1.165, 1.54) is 166 Å². The number of thiophene rings is 2. The third-order valence-corrected chi connectivity index (χ3v) is 18.2. The molecule has 4 aromatic heterocycles. The Kier molecular flexibility index (Phi) is 20.6. The summed E-state index contributed by atoms with van der Waals surface area (Å²) in [5.41, 5.74) is 2.61. The predicted molar refractivity (Wildman–Crippen MR) is 249 cm³/mol. The van der Waals surface area contributed by atoms with E-state index in [0.29, 0.717) is 11.8 Å². The Morgan fingerprint density at radius 3 is 1.30 bits per heavy atom. The van der Waals surface area contributed by atoms with Crippen LogP contribution in [0.25, 0.3) is 39.1 Å². The molecule has 0 bridgehead atoms. The number of unbranched alkanes of at least 4 members (excludes halogenated alkanes) is 12. The average Bonchev–Trinajstić information content (AvgIpc) is 4.04. The summed E-state index contributed by atoms with van der Waals surface area (Å²) in [7, 11) is 0. The van der Waals surface area contributed by atoms with E-state index in [2.05, 4.69) is 63.6 Å². The average molecular weight is 931 g/mol. The molecule has 4 nitrogen and oxygen atoms in total. The molecule has 8 heteroatoms. The van der Waals surface area contributed by atoms with Gasteiger partial charge in [-0.05, 0) is 0 Å². The Morgan fingerprint density at radius 2 is 0.911 bits per heavy atom. The van der Waals surface area contributed by atoms with Gasteiger partial charge in [-0.3, -0.25) is 0 Å². The van der Waals surface area contributed by atoms with Gasteiger partial charge in [-0.25, -0.2) is 0 Å². The molecular formula is C48H72N2O2S2Se2. The van der Waals surface area contributed by atoms with Crippen molar-refractivity contribution in [2.24, 2.45) is 11.8 Å². The molecule has 0 spiro atoms. The number of hydrogen-bond donors (Lipinski definition) is 0. The van der Waals surface area contributed by atoms with Gasteiger partial charge < -0.3 is 0 Å². The summed E-state index contributed by atoms with van der Waals surface area (Å²) in [5, 5.41) is 2.44. The van der Waals surface area contributed by atoms with Crippen molar-refractivity contribution in [1.82, 2.24) is 9.97 Å². The number of hydrogen-bond acceptors (Lipinski definition) is 6. The van der Waals surface area contributed by atoms with Crippen LogP contribution in [0.2, 0.25) is 0 Å². The molecule has 5 aromatic rings. The van der Waals surface area contributed by atoms with Gasteiger partial charge in [0.05, 0.1) is 0 Å². The predicted octanol–water partition coefficient (Wildman–Crippen LogP) is 15.4. The Bertz CT molecular complexity index is 1650. The molecule has 0 aliphatic heterocycles. The molecule has 0 aliphatic carbocycles. The molecule has 0 N–H and O–H groups in total. The molecule has 2 atom stereocenters. The number of fused-ring (bicyclic) bond motifs is 2. The Morgan fingerprint density at radius 1 is 0.518 bits per heavy atom. The molecular weight excluding hydrogens is 859 g/mol. The maximum absolute atomic E-state index is 7.08. The van der Waals surface area contributed by atoms with E-state index in [4.69, 9.17) is 19.4 Å². The number of benzene rings is 1. The molecule has 0 amide bonds. The first-order valence-electron chi connectivity index (χ1n) is 22.7. The molecule has 0 radical (unpaired) electrons. The van der Waals surface area contributed by atoms with E-state index in [1.807, 2.05) is 22.7 Å². The van der Waals surface area contributed by atoms with Gasteiger partial charge in [0.2, 0.25) is 0 Å². The second-order valence-corrected chi connectivity index (χ2v) is 21.8. The number of aromatic nitrogens is 2. The Balaban J connectivity index is 1.52. The molecule has 56 heavy (non-hydrogen) atoms. The van der Waals surface area contributed by atoms with Gasteiger partial charge in [-0.15, -0.1) is 0 Å². The van der Waals surface area contributed by atoms with Gasteiger partial charge >= 0.3 is 363 Å². The van der Waals surface area contributed by atoms with E-state index in [9.17, 15) is 0 Å². The third-order valence-electron chi connectivity index (χ3n) is 11.5. The van der Waals surface area contributed by atoms with E-state index in [1.54, 1.807) is 0 Å². The van der Waals surface area contributed by atoms with Crippen LogP contribution in [0.5, 0.6) is 11.5 Å². The molecule has 0 aliphatic rings. The van der Waals surface area contributed by atoms with Crippen LogP contribution < -0.4 is 9.47 Å². The maximum atomic E-state index is 7.08. The van der Waals surface area contributed by atoms with E-state index < -0.39 is 0 Å². The summed E-state index contributed by atoms with van der Waals surface area (Å²) in [4.78, 5) is 18.0. The molecule has 4 heterocycles. The number of aryl methyl sites for hydroxylation is 2. The summed E-state index contributed by atoms with van der Waals surface area (Å²) in [6, 6.07) is 4.84. The minimum atomic E-state index is 0.259. The molecule has 5 rings (SSSR count). The first kappa shape index (κ1) is 45.7. The number of ether oxygens (including phenoxy) is 2. The van der Waals surface area contributed by atoms with Gasteiger partial charge in [0.15, 0.2) is 0 Å². The van der Waals surface area contributed by atoms with Gasteiger partial charge in [-0.1, -0.05) is 0 Å². The van der Waals surface area contributed by atoms with Crippen LogP contribution in [0, 0.1) is 11.8 Å². The van der Waals surface area contributed by atoms with E-state index >= 15 is 0 Å². The molecule has 310 valence electrons. The zero-order valence-corrected chi connectivity index (χ0v) is 40.8. The Labute approximate surface area is 360 Å². The summed E-state index contributed by atoms with van der Waals surface area (Å²) >= 11 is 4.30. The molecule has 0 saturated carbocycles. The summed E-state index contributed by atoms with van der Waals surface area (Å²) in [6.07, 6.45) is 27.8. The van der Waals surface area contributed by atoms with E-state index in [-0.39, 0.29) is 29.0 Å². The number of nitrogens with zero attached hydrogens (tertiary/aromatic N) is 2. The number of rotatable bonds is 30. The zero-order chi connectivity index (χ0) is 39.5. The van der Waals surface area contributed by atoms with Crippen molar-refractivity contribution in [2.45, 2.75) is 183 Å². The fourth-order valence-electron chi connectivity index (χ4n) is 7.64. The van der Waals surface area contributed by atoms with Gasteiger partial charge in [0, 0.05) is 0 Å². The quantitative estimate of drug-likeness (QED) is 0.0340. The summed E-state index contributed by atoms with van der Waals surface area (Å²) in [6.45, 7) is 15.4. The fourth-order valence-corrected chi connectivity index (χ4v) is 14.0. The first-order valence-corrected chi connectivity index (χ1v) is 28.0. The van der Waals surface area contributed by atoms with Crippen molar-refractivity contribution >= 4 is 71.9 Å². The topological polar surface area (TPSA) is 44.2 Å². The van der Waals surface area contributed by atoms with Crippen molar-refractivity contribution in [1.29, 1.82) is 0 Å². The van der Waals surface area contributed by atoms with Crippen molar-refractivity contribution in [3.8, 4) is 30.4 Å². The van der Waals surface area contributed by atoms with Crippen LogP contribution in [0.1, 0.15) is 181 Å². The standard InChI is InChI=1S/C48H72N2O2S2Se2/c1-7-13-17-19-21-23-27-37-33-55-47(49-37)41-29-39-43(51-31-35(11-5)25-15-9-3)46-40(44(45(39)53-41)52-32-36(12-6)26-16-10-4)30-42(54-46)48-50-38(34-56-48)28-24-22-20-18-14-8-2/h29-30,33-36H,7-28,31-32H2,1-6H3. The molecule has 1 aromatic carbocycles. The van der Waals surface area contributed by atoms with E-state index in [0.717, 1.165) is 50.4 Å². The first-order chi connectivity index (χ1) is 27.5. The molecule has 0 fully saturated rings. The Hall–Kier alpha value is -1.40. The van der Waals surface area contributed by atoms with Crippen molar-refractivity contribution < 1.29 is 9.47 Å². The van der Waals surface area contributed by atoms with Crippen LogP contribution in [-0.2, 0) is 12.8 Å². The normalized spacial score (nSPS) is 13.0. The van der Waals surface area contributed by atoms with Crippen LogP contribution in [0.4, 0.5) is 0 Å². The zero-order valence-electron chi connectivity index (χ0n) is 35.8. The van der Waals surface area contributed by atoms with Crippen LogP contribution >= 0.6 is 22.7 Å². The van der Waals surface area contributed by atoms with Crippen LogP contribution in [0.15, 0.2) is 22.0 Å². The molecule has 2 unspecified atom stereocenters. The van der Waals surface area contributed by atoms with Crippen molar-refractivity contribution in [3.05, 3.63) is 33.4 Å². The van der Waals surface area contributed by atoms with Crippen LogP contribution in [-0.4, -0.2) is 52.2 Å². The van der Waals surface area contributed by atoms with Crippen molar-refractivity contribution in [2.75, 3.05) is 13.2 Å². The monoisotopic (exact) mass is 932 g/mol. The van der Waals surface area contributed by atoms with Gasteiger partial charge in [-0.2, -0.15) is 0 Å². The van der Waals surface area contributed by atoms with Crippen molar-refractivity contribution in [3.63, 3.8) is 0 Å². The summed E-state index contributed by atoms with van der Waals surface area (Å²) < 4.78 is 19.2. The second kappa shape index (κ2) is 25.3. The van der Waals surface area contributed by atoms with Crippen LogP contribution in [0.3, 0.4) is 0 Å². The summed E-state index contributed by atoms with van der Waals surface area (Å²) in [5.74, 6) is 3.24.